The minimum atomic E-state index is -3.37. The summed E-state index contributed by atoms with van der Waals surface area (Å²) >= 11 is 0. The molecule has 0 aromatic carbocycles. The van der Waals surface area contributed by atoms with E-state index in [-0.39, 0.29) is 26.4 Å². The van der Waals surface area contributed by atoms with Gasteiger partial charge in [-0.25, -0.2) is 4.72 Å². The first kappa shape index (κ1) is 13.8. The molecule has 0 aliphatic rings. The summed E-state index contributed by atoms with van der Waals surface area (Å²) in [5, 5.41) is 8.37. The lowest BCUT2D eigenvalue weighted by molar-refractivity contribution is 0.0961. The number of hydrogen-bond donors (Lipinski definition) is 3. The summed E-state index contributed by atoms with van der Waals surface area (Å²) in [7, 11) is -3.37. The van der Waals surface area contributed by atoms with E-state index in [1.807, 2.05) is 6.92 Å². The highest BCUT2D eigenvalue weighted by atomic mass is 32.2. The van der Waals surface area contributed by atoms with Crippen molar-refractivity contribution in [2.45, 2.75) is 13.3 Å². The zero-order valence-electron chi connectivity index (χ0n) is 8.32. The molecule has 0 saturated carbocycles. The lowest BCUT2D eigenvalue weighted by Gasteiger charge is -2.07. The molecular formula is C7H18N2O4S. The van der Waals surface area contributed by atoms with E-state index in [0.29, 0.717) is 6.54 Å². The number of nitrogens with one attached hydrogen (secondary N) is 2. The van der Waals surface area contributed by atoms with E-state index in [4.69, 9.17) is 9.84 Å². The Morgan fingerprint density at radius 2 is 1.86 bits per heavy atom. The molecule has 0 saturated heterocycles. The predicted molar refractivity (Wildman–Crippen MR) is 53.1 cm³/mol. The Labute approximate surface area is 84.8 Å². The van der Waals surface area contributed by atoms with Gasteiger partial charge in [-0.3, -0.25) is 0 Å². The van der Waals surface area contributed by atoms with Crippen LogP contribution in [0.3, 0.4) is 0 Å². The highest BCUT2D eigenvalue weighted by molar-refractivity contribution is 7.87. The van der Waals surface area contributed by atoms with E-state index in [1.165, 1.54) is 0 Å². The molecule has 0 aromatic heterocycles. The van der Waals surface area contributed by atoms with Crippen molar-refractivity contribution in [3.05, 3.63) is 0 Å². The summed E-state index contributed by atoms with van der Waals surface area (Å²) < 4.78 is 31.7. The van der Waals surface area contributed by atoms with Crippen molar-refractivity contribution in [1.29, 1.82) is 0 Å². The summed E-state index contributed by atoms with van der Waals surface area (Å²) in [6, 6.07) is 0. The van der Waals surface area contributed by atoms with Crippen molar-refractivity contribution in [1.82, 2.24) is 9.44 Å². The van der Waals surface area contributed by atoms with Crippen LogP contribution in [0, 0.1) is 0 Å². The fraction of sp³-hybridized carbons (Fsp3) is 1.00. The molecule has 0 aromatic rings. The topological polar surface area (TPSA) is 87.7 Å². The van der Waals surface area contributed by atoms with Crippen LogP contribution in [0.1, 0.15) is 13.3 Å². The van der Waals surface area contributed by atoms with Gasteiger partial charge < -0.3 is 9.84 Å². The molecule has 0 aliphatic carbocycles. The van der Waals surface area contributed by atoms with Crippen molar-refractivity contribution in [2.75, 3.05) is 32.9 Å². The zero-order valence-corrected chi connectivity index (χ0v) is 9.14. The highest BCUT2D eigenvalue weighted by Gasteiger charge is 2.05. The van der Waals surface area contributed by atoms with E-state index < -0.39 is 10.2 Å². The second-order valence-corrected chi connectivity index (χ2v) is 4.21. The van der Waals surface area contributed by atoms with Crippen LogP contribution in [0.2, 0.25) is 0 Å². The molecule has 0 spiro atoms. The molecule has 7 heteroatoms. The van der Waals surface area contributed by atoms with Crippen LogP contribution in [0.15, 0.2) is 0 Å². The summed E-state index contributed by atoms with van der Waals surface area (Å²) in [6.45, 7) is 2.94. The molecule has 0 atom stereocenters. The van der Waals surface area contributed by atoms with Gasteiger partial charge in [-0.2, -0.15) is 13.1 Å². The quantitative estimate of drug-likeness (QED) is 0.432. The average Bonchev–Trinajstić information content (AvgIpc) is 2.15. The van der Waals surface area contributed by atoms with Crippen LogP contribution in [0.5, 0.6) is 0 Å². The van der Waals surface area contributed by atoms with Gasteiger partial charge in [-0.15, -0.1) is 0 Å². The summed E-state index contributed by atoms with van der Waals surface area (Å²) in [5.74, 6) is 0. The standard InChI is InChI=1S/C7H18N2O4S/c1-2-3-8-14(11,12)9-4-6-13-7-5-10/h8-10H,2-7H2,1H3. The minimum Gasteiger partial charge on any atom is -0.394 e. The van der Waals surface area contributed by atoms with Gasteiger partial charge in [0.25, 0.3) is 10.2 Å². The largest absolute Gasteiger partial charge is 0.394 e. The van der Waals surface area contributed by atoms with E-state index in [0.717, 1.165) is 6.42 Å². The molecule has 6 nitrogen and oxygen atoms in total. The monoisotopic (exact) mass is 226 g/mol. The maximum absolute atomic E-state index is 11.1. The Morgan fingerprint density at radius 1 is 1.21 bits per heavy atom. The molecule has 0 bridgehead atoms. The lowest BCUT2D eigenvalue weighted by atomic mass is 10.5. The van der Waals surface area contributed by atoms with E-state index in [1.54, 1.807) is 0 Å². The molecule has 0 fully saturated rings. The summed E-state index contributed by atoms with van der Waals surface area (Å²) in [6.07, 6.45) is 0.752. The number of ether oxygens (including phenoxy) is 1. The van der Waals surface area contributed by atoms with Crippen LogP contribution in [-0.4, -0.2) is 46.4 Å². The number of aliphatic hydroxyl groups excluding tert-OH is 1. The van der Waals surface area contributed by atoms with Gasteiger partial charge in [-0.05, 0) is 6.42 Å². The van der Waals surface area contributed by atoms with E-state index in [9.17, 15) is 8.42 Å². The number of hydrogen-bond acceptors (Lipinski definition) is 4. The molecule has 0 radical (unpaired) electrons. The van der Waals surface area contributed by atoms with Gasteiger partial charge in [0, 0.05) is 13.1 Å². The maximum atomic E-state index is 11.1. The van der Waals surface area contributed by atoms with Crippen LogP contribution in [0.25, 0.3) is 0 Å². The lowest BCUT2D eigenvalue weighted by Crippen LogP contribution is -2.38. The molecule has 3 N–H and O–H groups in total. The Balaban J connectivity index is 3.46. The molecule has 0 unspecified atom stereocenters. The third-order valence-electron chi connectivity index (χ3n) is 1.32. The Hall–Kier alpha value is -0.210. The van der Waals surface area contributed by atoms with Gasteiger partial charge in [0.15, 0.2) is 0 Å². The number of aliphatic hydroxyl groups is 1. The molecule has 86 valence electrons. The average molecular weight is 226 g/mol. The van der Waals surface area contributed by atoms with Crippen LogP contribution in [0.4, 0.5) is 0 Å². The second-order valence-electron chi connectivity index (χ2n) is 2.63. The van der Waals surface area contributed by atoms with Crippen molar-refractivity contribution in [2.24, 2.45) is 0 Å². The van der Waals surface area contributed by atoms with E-state index >= 15 is 0 Å². The summed E-state index contributed by atoms with van der Waals surface area (Å²) in [4.78, 5) is 0. The molecule has 0 rings (SSSR count). The molecule has 0 aliphatic heterocycles. The first-order chi connectivity index (χ1) is 6.62. The molecule has 0 amide bonds. The van der Waals surface area contributed by atoms with Gasteiger partial charge in [0.2, 0.25) is 0 Å². The molecule has 0 heterocycles. The molecule has 14 heavy (non-hydrogen) atoms. The van der Waals surface area contributed by atoms with Crippen molar-refractivity contribution >= 4 is 10.2 Å². The van der Waals surface area contributed by atoms with E-state index in [2.05, 4.69) is 9.44 Å². The Bertz CT molecular complexity index is 218. The zero-order chi connectivity index (χ0) is 10.9. The maximum Gasteiger partial charge on any atom is 0.276 e. The minimum absolute atomic E-state index is 0.0547. The SMILES string of the molecule is CCCNS(=O)(=O)NCCOCCO. The first-order valence-corrected chi connectivity index (χ1v) is 6.03. The van der Waals surface area contributed by atoms with Crippen LogP contribution >= 0.6 is 0 Å². The highest BCUT2D eigenvalue weighted by Crippen LogP contribution is 1.79. The van der Waals surface area contributed by atoms with Gasteiger partial charge in [0.1, 0.15) is 0 Å². The van der Waals surface area contributed by atoms with Crippen molar-refractivity contribution in [3.8, 4) is 0 Å². The Morgan fingerprint density at radius 3 is 2.43 bits per heavy atom. The van der Waals surface area contributed by atoms with Crippen LogP contribution < -0.4 is 9.44 Å². The third kappa shape index (κ3) is 8.39. The first-order valence-electron chi connectivity index (χ1n) is 4.55. The van der Waals surface area contributed by atoms with Crippen molar-refractivity contribution in [3.63, 3.8) is 0 Å². The van der Waals surface area contributed by atoms with Gasteiger partial charge in [0.05, 0.1) is 19.8 Å². The molecular weight excluding hydrogens is 208 g/mol. The summed E-state index contributed by atoms with van der Waals surface area (Å²) in [5.41, 5.74) is 0. The predicted octanol–water partition coefficient (Wildman–Crippen LogP) is -1.17. The smallest absolute Gasteiger partial charge is 0.276 e. The normalized spacial score (nSPS) is 11.9. The third-order valence-corrected chi connectivity index (χ3v) is 2.48. The fourth-order valence-corrected chi connectivity index (χ4v) is 1.63. The van der Waals surface area contributed by atoms with Crippen molar-refractivity contribution < 1.29 is 18.3 Å². The second kappa shape index (κ2) is 8.13. The van der Waals surface area contributed by atoms with Gasteiger partial charge >= 0.3 is 0 Å². The number of rotatable bonds is 9. The van der Waals surface area contributed by atoms with Crippen LogP contribution in [-0.2, 0) is 14.9 Å². The van der Waals surface area contributed by atoms with Gasteiger partial charge in [-0.1, -0.05) is 6.92 Å². The Kier molecular flexibility index (Phi) is 8.01. The fourth-order valence-electron chi connectivity index (χ4n) is 0.702.